The maximum atomic E-state index is 5.98. The Morgan fingerprint density at radius 3 is 2.77 bits per heavy atom. The summed E-state index contributed by atoms with van der Waals surface area (Å²) in [6.07, 6.45) is 4.27. The normalized spacial score (nSPS) is 15.5. The predicted octanol–water partition coefficient (Wildman–Crippen LogP) is 3.84. The number of methoxy groups -OCH3 is 1. The van der Waals surface area contributed by atoms with Crippen LogP contribution in [0.1, 0.15) is 31.9 Å². The van der Waals surface area contributed by atoms with Crippen molar-refractivity contribution in [2.24, 2.45) is 4.99 Å². The van der Waals surface area contributed by atoms with Crippen LogP contribution in [0.25, 0.3) is 10.6 Å². The average molecular weight is 431 g/mol. The number of likely N-dealkylation sites (tertiary alicyclic amines) is 1. The van der Waals surface area contributed by atoms with Crippen molar-refractivity contribution in [3.63, 3.8) is 0 Å². The van der Waals surface area contributed by atoms with Gasteiger partial charge in [-0.2, -0.15) is 0 Å². The highest BCUT2D eigenvalue weighted by Gasteiger charge is 2.21. The smallest absolute Gasteiger partial charge is 0.193 e. The Balaban J connectivity index is 1.46. The number of benzene rings is 1. The van der Waals surface area contributed by atoms with Gasteiger partial charge in [-0.3, -0.25) is 4.99 Å². The second-order valence-electron chi connectivity index (χ2n) is 7.40. The fourth-order valence-corrected chi connectivity index (χ4v) is 4.39. The van der Waals surface area contributed by atoms with E-state index >= 15 is 0 Å². The summed E-state index contributed by atoms with van der Waals surface area (Å²) < 4.78 is 11.1. The Morgan fingerprint density at radius 1 is 1.23 bits per heavy atom. The third-order valence-electron chi connectivity index (χ3n) is 5.12. The van der Waals surface area contributed by atoms with E-state index in [4.69, 9.17) is 19.5 Å². The molecule has 0 aliphatic carbocycles. The van der Waals surface area contributed by atoms with E-state index in [0.29, 0.717) is 6.10 Å². The molecule has 7 heteroatoms. The summed E-state index contributed by atoms with van der Waals surface area (Å²) in [7, 11) is 1.73. The van der Waals surface area contributed by atoms with Gasteiger partial charge in [-0.15, -0.1) is 11.3 Å². The minimum Gasteiger partial charge on any atom is -0.385 e. The highest BCUT2D eigenvalue weighted by Crippen LogP contribution is 2.23. The molecule has 0 bridgehead atoms. The van der Waals surface area contributed by atoms with E-state index < -0.39 is 0 Å². The Hall–Kier alpha value is -1.96. The van der Waals surface area contributed by atoms with Crippen molar-refractivity contribution in [3.05, 3.63) is 41.4 Å². The van der Waals surface area contributed by atoms with Crippen LogP contribution in [0, 0.1) is 0 Å². The van der Waals surface area contributed by atoms with Crippen molar-refractivity contribution in [2.45, 2.75) is 38.7 Å². The van der Waals surface area contributed by atoms with Crippen LogP contribution in [0.4, 0.5) is 0 Å². The average Bonchev–Trinajstić information content (AvgIpc) is 3.26. The largest absolute Gasteiger partial charge is 0.385 e. The van der Waals surface area contributed by atoms with E-state index in [1.165, 1.54) is 5.56 Å². The molecule has 0 saturated carbocycles. The fraction of sp³-hybridized carbons (Fsp3) is 0.565. The lowest BCUT2D eigenvalue weighted by molar-refractivity contribution is 0.00991. The molecule has 3 rings (SSSR count). The molecule has 1 fully saturated rings. The van der Waals surface area contributed by atoms with Crippen LogP contribution in [0.2, 0.25) is 0 Å². The second-order valence-corrected chi connectivity index (χ2v) is 8.26. The number of guanidine groups is 1. The summed E-state index contributed by atoms with van der Waals surface area (Å²) in [6.45, 7) is 7.25. The van der Waals surface area contributed by atoms with Gasteiger partial charge in [0.2, 0.25) is 0 Å². The van der Waals surface area contributed by atoms with Crippen molar-refractivity contribution in [1.29, 1.82) is 0 Å². The Kier molecular flexibility index (Phi) is 9.60. The topological polar surface area (TPSA) is 59.0 Å². The number of rotatable bonds is 10. The van der Waals surface area contributed by atoms with Gasteiger partial charge in [-0.25, -0.2) is 4.98 Å². The molecule has 2 heterocycles. The molecule has 1 aliphatic rings. The number of hydrogen-bond donors (Lipinski definition) is 1. The molecule has 1 aliphatic heterocycles. The molecule has 6 nitrogen and oxygen atoms in total. The van der Waals surface area contributed by atoms with E-state index in [1.807, 2.05) is 6.07 Å². The molecular weight excluding hydrogens is 396 g/mol. The summed E-state index contributed by atoms with van der Waals surface area (Å²) in [5.74, 6) is 1.01. The van der Waals surface area contributed by atoms with Crippen LogP contribution >= 0.6 is 11.3 Å². The molecule has 30 heavy (non-hydrogen) atoms. The van der Waals surface area contributed by atoms with E-state index in [1.54, 1.807) is 18.4 Å². The van der Waals surface area contributed by atoms with Gasteiger partial charge in [0.05, 0.1) is 11.8 Å². The van der Waals surface area contributed by atoms with Gasteiger partial charge < -0.3 is 19.7 Å². The zero-order chi connectivity index (χ0) is 21.0. The van der Waals surface area contributed by atoms with Gasteiger partial charge in [0.25, 0.3) is 0 Å². The second kappa shape index (κ2) is 12.7. The molecule has 2 aromatic rings. The molecule has 164 valence electrons. The van der Waals surface area contributed by atoms with Crippen LogP contribution in [0.5, 0.6) is 0 Å². The van der Waals surface area contributed by atoms with Gasteiger partial charge in [0.15, 0.2) is 5.96 Å². The molecule has 0 radical (unpaired) electrons. The first-order chi connectivity index (χ1) is 14.8. The van der Waals surface area contributed by atoms with E-state index in [0.717, 1.165) is 81.7 Å². The molecule has 0 unspecified atom stereocenters. The third kappa shape index (κ3) is 7.07. The maximum absolute atomic E-state index is 5.98. The number of thiazole rings is 1. The Morgan fingerprint density at radius 2 is 2.03 bits per heavy atom. The lowest BCUT2D eigenvalue weighted by Crippen LogP contribution is -2.47. The molecule has 0 spiro atoms. The molecule has 0 atom stereocenters. The molecule has 1 aromatic carbocycles. The Labute approximate surface area is 184 Å². The quantitative estimate of drug-likeness (QED) is 0.353. The van der Waals surface area contributed by atoms with Crippen LogP contribution in [0.15, 0.2) is 40.7 Å². The lowest BCUT2D eigenvalue weighted by atomic mass is 10.1. The highest BCUT2D eigenvalue weighted by atomic mass is 32.1. The number of ether oxygens (including phenoxy) is 2. The van der Waals surface area contributed by atoms with Crippen molar-refractivity contribution in [2.75, 3.05) is 46.5 Å². The Bertz CT molecular complexity index is 758. The number of aromatic nitrogens is 1. The summed E-state index contributed by atoms with van der Waals surface area (Å²) in [5.41, 5.74) is 2.29. The number of nitrogens with zero attached hydrogens (tertiary/aromatic N) is 3. The standard InChI is InChI=1S/C23H34N4O2S/c1-3-24-23(27-14-11-21(12-15-27)29-17-7-16-28-2)25-13-10-20-18-30-22(26-20)19-8-5-4-6-9-19/h4-6,8-9,18,21H,3,7,10-17H2,1-2H3,(H,24,25). The molecular formula is C23H34N4O2S. The van der Waals surface area contributed by atoms with E-state index in [-0.39, 0.29) is 0 Å². The van der Waals surface area contributed by atoms with Crippen molar-refractivity contribution >= 4 is 17.3 Å². The minimum absolute atomic E-state index is 0.354. The van der Waals surface area contributed by atoms with Gasteiger partial charge in [0, 0.05) is 63.9 Å². The van der Waals surface area contributed by atoms with E-state index in [2.05, 4.69) is 46.8 Å². The zero-order valence-electron chi connectivity index (χ0n) is 18.2. The predicted molar refractivity (Wildman–Crippen MR) is 124 cm³/mol. The highest BCUT2D eigenvalue weighted by molar-refractivity contribution is 7.13. The lowest BCUT2D eigenvalue weighted by Gasteiger charge is -2.34. The zero-order valence-corrected chi connectivity index (χ0v) is 19.0. The van der Waals surface area contributed by atoms with Gasteiger partial charge in [0.1, 0.15) is 5.01 Å². The number of hydrogen-bond acceptors (Lipinski definition) is 5. The minimum atomic E-state index is 0.354. The fourth-order valence-electron chi connectivity index (χ4n) is 3.52. The van der Waals surface area contributed by atoms with Gasteiger partial charge >= 0.3 is 0 Å². The van der Waals surface area contributed by atoms with Crippen molar-refractivity contribution in [1.82, 2.24) is 15.2 Å². The van der Waals surface area contributed by atoms with Crippen LogP contribution in [0.3, 0.4) is 0 Å². The summed E-state index contributed by atoms with van der Waals surface area (Å²) in [6, 6.07) is 10.4. The molecule has 1 N–H and O–H groups in total. The first kappa shape index (κ1) is 22.7. The first-order valence-electron chi connectivity index (χ1n) is 10.9. The summed E-state index contributed by atoms with van der Waals surface area (Å²) in [5, 5.41) is 6.67. The number of nitrogens with one attached hydrogen (secondary N) is 1. The van der Waals surface area contributed by atoms with Crippen LogP contribution < -0.4 is 5.32 Å². The van der Waals surface area contributed by atoms with Crippen LogP contribution in [-0.2, 0) is 15.9 Å². The SMILES string of the molecule is CCNC(=NCCc1csc(-c2ccccc2)n1)N1CCC(OCCCOC)CC1. The van der Waals surface area contributed by atoms with Crippen molar-refractivity contribution in [3.8, 4) is 10.6 Å². The first-order valence-corrected chi connectivity index (χ1v) is 11.8. The molecule has 1 saturated heterocycles. The third-order valence-corrected chi connectivity index (χ3v) is 6.06. The monoisotopic (exact) mass is 430 g/mol. The van der Waals surface area contributed by atoms with Crippen LogP contribution in [-0.4, -0.2) is 68.4 Å². The molecule has 1 aromatic heterocycles. The van der Waals surface area contributed by atoms with Crippen molar-refractivity contribution < 1.29 is 9.47 Å². The number of aliphatic imine (C=N–C) groups is 1. The summed E-state index contributed by atoms with van der Waals surface area (Å²) >= 11 is 1.70. The number of piperidine rings is 1. The maximum Gasteiger partial charge on any atom is 0.193 e. The summed E-state index contributed by atoms with van der Waals surface area (Å²) in [4.78, 5) is 12.0. The molecule has 0 amide bonds. The van der Waals surface area contributed by atoms with Gasteiger partial charge in [-0.1, -0.05) is 30.3 Å². The van der Waals surface area contributed by atoms with E-state index in [9.17, 15) is 0 Å². The van der Waals surface area contributed by atoms with Gasteiger partial charge in [-0.05, 0) is 26.2 Å².